The summed E-state index contributed by atoms with van der Waals surface area (Å²) >= 11 is 0. The van der Waals surface area contributed by atoms with E-state index in [1.165, 1.54) is 31.3 Å². The standard InChI is InChI=1S/C17H30O2/c1-5-7-16-14(6-2)11-18-17(19-16)15-9-8-12(3)10-13(15)4/h10,13-17H,5-9,11H2,1-4H3. The van der Waals surface area contributed by atoms with Crippen LogP contribution in [0.25, 0.3) is 0 Å². The van der Waals surface area contributed by atoms with Crippen LogP contribution in [-0.2, 0) is 9.47 Å². The van der Waals surface area contributed by atoms with Crippen molar-refractivity contribution in [3.8, 4) is 0 Å². The smallest absolute Gasteiger partial charge is 0.161 e. The van der Waals surface area contributed by atoms with Gasteiger partial charge in [-0.3, -0.25) is 0 Å². The molecule has 1 aliphatic carbocycles. The van der Waals surface area contributed by atoms with Crippen LogP contribution >= 0.6 is 0 Å². The van der Waals surface area contributed by atoms with Crippen LogP contribution in [0.3, 0.4) is 0 Å². The summed E-state index contributed by atoms with van der Waals surface area (Å²) in [5.41, 5.74) is 1.52. The van der Waals surface area contributed by atoms with Crippen LogP contribution in [0.5, 0.6) is 0 Å². The van der Waals surface area contributed by atoms with Gasteiger partial charge in [-0.2, -0.15) is 0 Å². The van der Waals surface area contributed by atoms with Crippen molar-refractivity contribution in [3.63, 3.8) is 0 Å². The predicted octanol–water partition coefficient (Wildman–Crippen LogP) is 4.55. The van der Waals surface area contributed by atoms with E-state index in [1.54, 1.807) is 0 Å². The van der Waals surface area contributed by atoms with E-state index in [0.29, 0.717) is 23.9 Å². The number of rotatable bonds is 4. The molecule has 2 aliphatic rings. The highest BCUT2D eigenvalue weighted by Gasteiger charge is 2.37. The van der Waals surface area contributed by atoms with Gasteiger partial charge in [0.1, 0.15) is 0 Å². The lowest BCUT2D eigenvalue weighted by molar-refractivity contribution is -0.264. The molecule has 1 aliphatic heterocycles. The number of hydrogen-bond donors (Lipinski definition) is 0. The number of ether oxygens (including phenoxy) is 2. The zero-order valence-electron chi connectivity index (χ0n) is 13.0. The van der Waals surface area contributed by atoms with E-state index < -0.39 is 0 Å². The summed E-state index contributed by atoms with van der Waals surface area (Å²) in [4.78, 5) is 0. The van der Waals surface area contributed by atoms with Crippen LogP contribution in [0.4, 0.5) is 0 Å². The van der Waals surface area contributed by atoms with Crippen LogP contribution in [0, 0.1) is 17.8 Å². The lowest BCUT2D eigenvalue weighted by Gasteiger charge is -2.42. The van der Waals surface area contributed by atoms with Gasteiger partial charge in [-0.15, -0.1) is 0 Å². The minimum atomic E-state index is 0.0266. The summed E-state index contributed by atoms with van der Waals surface area (Å²) in [6.07, 6.45) is 8.80. The lowest BCUT2D eigenvalue weighted by atomic mass is 9.81. The molecule has 5 atom stereocenters. The van der Waals surface area contributed by atoms with Crippen molar-refractivity contribution in [1.82, 2.24) is 0 Å². The Morgan fingerprint density at radius 1 is 1.32 bits per heavy atom. The van der Waals surface area contributed by atoms with E-state index in [2.05, 4.69) is 33.8 Å². The van der Waals surface area contributed by atoms with Gasteiger partial charge in [-0.1, -0.05) is 38.8 Å². The molecule has 2 heteroatoms. The van der Waals surface area contributed by atoms with Crippen molar-refractivity contribution in [2.24, 2.45) is 17.8 Å². The normalized spacial score (nSPS) is 40.0. The molecule has 1 saturated heterocycles. The summed E-state index contributed by atoms with van der Waals surface area (Å²) in [6.45, 7) is 9.92. The summed E-state index contributed by atoms with van der Waals surface area (Å²) in [5, 5.41) is 0. The third-order valence-corrected chi connectivity index (χ3v) is 4.85. The van der Waals surface area contributed by atoms with Crippen LogP contribution in [0.15, 0.2) is 11.6 Å². The maximum Gasteiger partial charge on any atom is 0.161 e. The molecule has 0 amide bonds. The summed E-state index contributed by atoms with van der Waals surface area (Å²) < 4.78 is 12.4. The quantitative estimate of drug-likeness (QED) is 0.695. The molecule has 1 heterocycles. The Kier molecular flexibility index (Phi) is 5.47. The van der Waals surface area contributed by atoms with Crippen molar-refractivity contribution in [3.05, 3.63) is 11.6 Å². The topological polar surface area (TPSA) is 18.5 Å². The van der Waals surface area contributed by atoms with Crippen molar-refractivity contribution >= 4 is 0 Å². The molecule has 2 nitrogen and oxygen atoms in total. The fourth-order valence-electron chi connectivity index (χ4n) is 3.54. The summed E-state index contributed by atoms with van der Waals surface area (Å²) in [6, 6.07) is 0. The fourth-order valence-corrected chi connectivity index (χ4v) is 3.54. The SMILES string of the molecule is CCCC1OC(C2CCC(C)=CC2C)OCC1CC. The Labute approximate surface area is 118 Å². The molecule has 0 aromatic carbocycles. The summed E-state index contributed by atoms with van der Waals surface area (Å²) in [5.74, 6) is 1.72. The van der Waals surface area contributed by atoms with Crippen LogP contribution < -0.4 is 0 Å². The van der Waals surface area contributed by atoms with Crippen molar-refractivity contribution in [1.29, 1.82) is 0 Å². The zero-order valence-corrected chi connectivity index (χ0v) is 13.0. The molecule has 0 aromatic rings. The van der Waals surface area contributed by atoms with Gasteiger partial charge in [0.2, 0.25) is 0 Å². The molecule has 2 rings (SSSR count). The van der Waals surface area contributed by atoms with Gasteiger partial charge in [-0.25, -0.2) is 0 Å². The second kappa shape index (κ2) is 6.90. The van der Waals surface area contributed by atoms with Crippen LogP contribution in [0.1, 0.15) is 59.8 Å². The molecule has 0 aromatic heterocycles. The first-order valence-corrected chi connectivity index (χ1v) is 8.10. The van der Waals surface area contributed by atoms with Gasteiger partial charge in [-0.05, 0) is 38.5 Å². The first-order valence-electron chi connectivity index (χ1n) is 8.10. The van der Waals surface area contributed by atoms with Crippen molar-refractivity contribution in [2.75, 3.05) is 6.61 Å². The third kappa shape index (κ3) is 3.61. The average Bonchev–Trinajstić information content (AvgIpc) is 2.39. The molecule has 0 N–H and O–H groups in total. The maximum atomic E-state index is 6.32. The van der Waals surface area contributed by atoms with E-state index in [4.69, 9.17) is 9.47 Å². The largest absolute Gasteiger partial charge is 0.352 e. The molecule has 5 unspecified atom stereocenters. The third-order valence-electron chi connectivity index (χ3n) is 4.85. The molecular formula is C17H30O2. The minimum Gasteiger partial charge on any atom is -0.352 e. The summed E-state index contributed by atoms with van der Waals surface area (Å²) in [7, 11) is 0. The molecule has 0 radical (unpaired) electrons. The van der Waals surface area contributed by atoms with Gasteiger partial charge in [0.15, 0.2) is 6.29 Å². The van der Waals surface area contributed by atoms with Gasteiger partial charge >= 0.3 is 0 Å². The second-order valence-electron chi connectivity index (χ2n) is 6.41. The molecular weight excluding hydrogens is 236 g/mol. The van der Waals surface area contributed by atoms with Gasteiger partial charge in [0.25, 0.3) is 0 Å². The predicted molar refractivity (Wildman–Crippen MR) is 78.9 cm³/mol. The Hall–Kier alpha value is -0.340. The average molecular weight is 266 g/mol. The van der Waals surface area contributed by atoms with Gasteiger partial charge in [0, 0.05) is 11.8 Å². The lowest BCUT2D eigenvalue weighted by Crippen LogP contribution is -2.45. The molecule has 0 bridgehead atoms. The molecule has 0 saturated carbocycles. The van der Waals surface area contributed by atoms with E-state index in [9.17, 15) is 0 Å². The van der Waals surface area contributed by atoms with Crippen LogP contribution in [0.2, 0.25) is 0 Å². The minimum absolute atomic E-state index is 0.0266. The monoisotopic (exact) mass is 266 g/mol. The van der Waals surface area contributed by atoms with E-state index in [-0.39, 0.29) is 6.29 Å². The highest BCUT2D eigenvalue weighted by Crippen LogP contribution is 2.36. The van der Waals surface area contributed by atoms with Crippen LogP contribution in [-0.4, -0.2) is 19.0 Å². The van der Waals surface area contributed by atoms with E-state index in [0.717, 1.165) is 13.0 Å². The fraction of sp³-hybridized carbons (Fsp3) is 0.882. The maximum absolute atomic E-state index is 6.32. The van der Waals surface area contributed by atoms with E-state index >= 15 is 0 Å². The Morgan fingerprint density at radius 3 is 2.74 bits per heavy atom. The molecule has 19 heavy (non-hydrogen) atoms. The second-order valence-corrected chi connectivity index (χ2v) is 6.41. The number of allylic oxidation sites excluding steroid dienone is 2. The Bertz CT molecular complexity index is 310. The molecule has 0 spiro atoms. The molecule has 110 valence electrons. The van der Waals surface area contributed by atoms with E-state index in [1.807, 2.05) is 0 Å². The zero-order chi connectivity index (χ0) is 13.8. The molecule has 1 fully saturated rings. The van der Waals surface area contributed by atoms with Gasteiger partial charge < -0.3 is 9.47 Å². The van der Waals surface area contributed by atoms with Crippen molar-refractivity contribution < 1.29 is 9.47 Å². The Morgan fingerprint density at radius 2 is 2.11 bits per heavy atom. The highest BCUT2D eigenvalue weighted by atomic mass is 16.7. The highest BCUT2D eigenvalue weighted by molar-refractivity contribution is 5.06. The van der Waals surface area contributed by atoms with Crippen molar-refractivity contribution in [2.45, 2.75) is 72.2 Å². The first kappa shape index (κ1) is 15.1. The van der Waals surface area contributed by atoms with Gasteiger partial charge in [0.05, 0.1) is 12.7 Å². The first-order chi connectivity index (χ1) is 9.15. The number of hydrogen-bond acceptors (Lipinski definition) is 2. The Balaban J connectivity index is 1.98.